The molecule has 5 aliphatic heterocycles. The molecule has 0 amide bonds. The molecule has 9 rings (SSSR count). The number of amidine groups is 8. The van der Waals surface area contributed by atoms with Crippen molar-refractivity contribution in [2.45, 2.75) is 0 Å². The van der Waals surface area contributed by atoms with Crippen LogP contribution in [0.4, 0.5) is 0 Å². The fourth-order valence-corrected chi connectivity index (χ4v) is 5.77. The molecule has 0 aliphatic carbocycles. The summed E-state index contributed by atoms with van der Waals surface area (Å²) in [5.74, 6) is 4.03. The van der Waals surface area contributed by atoms with E-state index in [1.165, 1.54) is 0 Å². The van der Waals surface area contributed by atoms with Gasteiger partial charge in [0.2, 0.25) is 0 Å². The third-order valence-corrected chi connectivity index (χ3v) is 7.71. The Bertz CT molecular complexity index is 2160. The van der Waals surface area contributed by atoms with Crippen molar-refractivity contribution in [3.8, 4) is 0 Å². The van der Waals surface area contributed by atoms with Crippen LogP contribution in [0.25, 0.3) is 0 Å². The van der Waals surface area contributed by atoms with Crippen LogP contribution in [-0.2, 0) is 17.1 Å². The summed E-state index contributed by atoms with van der Waals surface area (Å²) in [6.45, 7) is 0. The third kappa shape index (κ3) is 3.61. The van der Waals surface area contributed by atoms with E-state index in [1.807, 2.05) is 91.0 Å². The SMILES string of the molecule is Clc1cccc2c1C1=NC2=NC2=NC(=NC3=NC(=NC4=NC(=N1)c1ccccc14)c1ccccc13)c1ccccc12.[Cu]. The molecule has 0 N–H and O–H groups in total. The Morgan fingerprint density at radius 3 is 0.929 bits per heavy atom. The molecule has 0 fully saturated rings. The van der Waals surface area contributed by atoms with E-state index in [2.05, 4.69) is 0 Å². The molecule has 0 spiro atoms. The maximum absolute atomic E-state index is 6.71. The van der Waals surface area contributed by atoms with Crippen LogP contribution in [0.5, 0.6) is 0 Å². The number of nitrogens with zero attached hydrogens (tertiary/aromatic N) is 8. The summed E-state index contributed by atoms with van der Waals surface area (Å²) in [5, 5.41) is 0.532. The second kappa shape index (κ2) is 9.29. The van der Waals surface area contributed by atoms with Gasteiger partial charge in [-0.3, -0.25) is 0 Å². The van der Waals surface area contributed by atoms with Gasteiger partial charge in [-0.15, -0.1) is 0 Å². The first-order valence-corrected chi connectivity index (χ1v) is 13.4. The maximum Gasteiger partial charge on any atom is 0.166 e. The molecule has 0 saturated heterocycles. The summed E-state index contributed by atoms with van der Waals surface area (Å²) in [4.78, 5) is 39.2. The zero-order valence-corrected chi connectivity index (χ0v) is 23.1. The average molecular weight is 611 g/mol. The van der Waals surface area contributed by atoms with Crippen LogP contribution in [0, 0.1) is 0 Å². The van der Waals surface area contributed by atoms with Gasteiger partial charge in [0.1, 0.15) is 0 Å². The summed E-state index contributed by atoms with van der Waals surface area (Å²) in [5.41, 5.74) is 6.68. The number of aliphatic imine (C=N–C) groups is 8. The normalized spacial score (nSPS) is 16.7. The van der Waals surface area contributed by atoms with E-state index in [-0.39, 0.29) is 17.1 Å². The zero-order chi connectivity index (χ0) is 27.1. The van der Waals surface area contributed by atoms with Gasteiger partial charge in [-0.2, -0.15) is 0 Å². The van der Waals surface area contributed by atoms with Crippen molar-refractivity contribution in [3.63, 3.8) is 0 Å². The van der Waals surface area contributed by atoms with Gasteiger partial charge < -0.3 is 0 Å². The fraction of sp³-hybridized carbons (Fsp3) is 0. The first kappa shape index (κ1) is 24.8. The van der Waals surface area contributed by atoms with Crippen molar-refractivity contribution in [2.24, 2.45) is 39.9 Å². The zero-order valence-electron chi connectivity index (χ0n) is 21.4. The fourth-order valence-electron chi connectivity index (χ4n) is 5.51. The second-order valence-corrected chi connectivity index (χ2v) is 10.2. The number of benzene rings is 4. The summed E-state index contributed by atoms with van der Waals surface area (Å²) in [6, 6.07) is 29.3. The Kier molecular flexibility index (Phi) is 5.49. The predicted octanol–water partition coefficient (Wildman–Crippen LogP) is 5.48. The van der Waals surface area contributed by atoms with Crippen molar-refractivity contribution < 1.29 is 17.1 Å². The quantitative estimate of drug-likeness (QED) is 0.236. The smallest absolute Gasteiger partial charge is 0.166 e. The summed E-state index contributed by atoms with van der Waals surface area (Å²) in [7, 11) is 0. The van der Waals surface area contributed by atoms with Gasteiger partial charge >= 0.3 is 0 Å². The van der Waals surface area contributed by atoms with E-state index in [4.69, 9.17) is 51.5 Å². The molecule has 1 radical (unpaired) electrons. The molecule has 0 atom stereocenters. The van der Waals surface area contributed by atoms with E-state index >= 15 is 0 Å². The second-order valence-electron chi connectivity index (χ2n) is 9.78. The molecular formula is C32H15ClCuN8. The van der Waals surface area contributed by atoms with Gasteiger partial charge in [0.15, 0.2) is 46.7 Å². The predicted molar refractivity (Wildman–Crippen MR) is 163 cm³/mol. The minimum atomic E-state index is 0. The van der Waals surface area contributed by atoms with Crippen molar-refractivity contribution in [3.05, 3.63) is 141 Å². The van der Waals surface area contributed by atoms with Gasteiger partial charge in [0, 0.05) is 61.6 Å². The minimum Gasteiger partial charge on any atom is -0.208 e. The molecule has 0 aromatic heterocycles. The number of halogens is 1. The van der Waals surface area contributed by atoms with E-state index < -0.39 is 0 Å². The number of rotatable bonds is 0. The van der Waals surface area contributed by atoms with Crippen LogP contribution in [0.15, 0.2) is 131 Å². The van der Waals surface area contributed by atoms with Gasteiger partial charge in [-0.25, -0.2) is 39.9 Å². The van der Waals surface area contributed by atoms with Crippen LogP contribution < -0.4 is 0 Å². The molecule has 201 valence electrons. The Morgan fingerprint density at radius 1 is 0.310 bits per heavy atom. The molecule has 8 nitrogen and oxygen atoms in total. The summed E-state index contributed by atoms with van der Waals surface area (Å²) in [6.07, 6.45) is 0. The van der Waals surface area contributed by atoms with Crippen LogP contribution in [0.2, 0.25) is 5.02 Å². The topological polar surface area (TPSA) is 98.9 Å². The number of hydrogen-bond acceptors (Lipinski definition) is 8. The first-order valence-electron chi connectivity index (χ1n) is 13.0. The maximum atomic E-state index is 6.71. The van der Waals surface area contributed by atoms with Crippen LogP contribution in [-0.4, -0.2) is 46.7 Å². The Balaban J connectivity index is 0.00000267. The first-order chi connectivity index (χ1) is 20.2. The summed E-state index contributed by atoms with van der Waals surface area (Å²) < 4.78 is 0. The molecule has 5 heterocycles. The van der Waals surface area contributed by atoms with Gasteiger partial charge in [0.05, 0.1) is 5.02 Å². The average Bonchev–Trinajstić information content (AvgIpc) is 3.73. The Labute approximate surface area is 255 Å². The van der Waals surface area contributed by atoms with Crippen molar-refractivity contribution >= 4 is 58.3 Å². The number of hydrogen-bond donors (Lipinski definition) is 0. The van der Waals surface area contributed by atoms with Crippen LogP contribution in [0.3, 0.4) is 0 Å². The molecule has 8 bridgehead atoms. The van der Waals surface area contributed by atoms with Crippen molar-refractivity contribution in [2.75, 3.05) is 0 Å². The van der Waals surface area contributed by atoms with Crippen molar-refractivity contribution in [1.29, 1.82) is 0 Å². The molecule has 5 aliphatic rings. The van der Waals surface area contributed by atoms with Gasteiger partial charge in [-0.1, -0.05) is 96.5 Å². The van der Waals surface area contributed by atoms with Crippen LogP contribution >= 0.6 is 11.6 Å². The molecule has 42 heavy (non-hydrogen) atoms. The van der Waals surface area contributed by atoms with E-state index in [9.17, 15) is 0 Å². The minimum absolute atomic E-state index is 0. The Hall–Kier alpha value is -4.95. The molecule has 0 unspecified atom stereocenters. The standard InChI is InChI=1S/C32H15ClN8.Cu/c33-23-15-7-14-22-24(23)32-40-30-21-13-6-5-12-20(21)28(38-30)36-26-17-9-2-1-8-16(17)25(34-26)35-27-18-10-3-4-11-19(18)29(37-27)39-31(22)41-32;/h1-15H;. The van der Waals surface area contributed by atoms with E-state index in [0.717, 1.165) is 38.9 Å². The van der Waals surface area contributed by atoms with E-state index in [1.54, 1.807) is 0 Å². The molecule has 10 heteroatoms. The molecular weight excluding hydrogens is 595 g/mol. The van der Waals surface area contributed by atoms with Crippen LogP contribution in [0.1, 0.15) is 44.5 Å². The van der Waals surface area contributed by atoms with Crippen molar-refractivity contribution in [1.82, 2.24) is 0 Å². The molecule has 0 saturated carbocycles. The van der Waals surface area contributed by atoms with Gasteiger partial charge in [0.25, 0.3) is 0 Å². The van der Waals surface area contributed by atoms with E-state index in [0.29, 0.717) is 57.3 Å². The molecule has 4 aromatic rings. The van der Waals surface area contributed by atoms with Gasteiger partial charge in [-0.05, 0) is 6.07 Å². The number of fused-ring (bicyclic) bond motifs is 16. The third-order valence-electron chi connectivity index (χ3n) is 7.40. The molecule has 4 aromatic carbocycles. The summed E-state index contributed by atoms with van der Waals surface area (Å²) >= 11 is 6.71. The largest absolute Gasteiger partial charge is 0.208 e. The monoisotopic (exact) mass is 609 g/mol. The Morgan fingerprint density at radius 2 is 0.571 bits per heavy atom.